The Balaban J connectivity index is 0.848. The summed E-state index contributed by atoms with van der Waals surface area (Å²) in [5.41, 5.74) is 19.4. The molecule has 2 aliphatic carbocycles. The van der Waals surface area contributed by atoms with Gasteiger partial charge in [0, 0.05) is 27.5 Å². The highest BCUT2D eigenvalue weighted by Crippen LogP contribution is 2.63. The molecule has 0 N–H and O–H groups in total. The van der Waals surface area contributed by atoms with Gasteiger partial charge in [-0.1, -0.05) is 188 Å². The van der Waals surface area contributed by atoms with Gasteiger partial charge in [0.1, 0.15) is 11.2 Å². The molecule has 2 heterocycles. The highest BCUT2D eigenvalue weighted by atomic mass is 16.3. The second-order valence-corrected chi connectivity index (χ2v) is 16.3. The van der Waals surface area contributed by atoms with Crippen molar-refractivity contribution in [2.75, 3.05) is 0 Å². The number of nitrogens with zero attached hydrogens (tertiary/aromatic N) is 3. The van der Waals surface area contributed by atoms with Crippen molar-refractivity contribution >= 4 is 21.9 Å². The molecule has 0 amide bonds. The van der Waals surface area contributed by atoms with Crippen molar-refractivity contribution in [3.63, 3.8) is 0 Å². The zero-order chi connectivity index (χ0) is 40.8. The lowest BCUT2D eigenvalue weighted by Crippen LogP contribution is -2.25. The van der Waals surface area contributed by atoms with Crippen molar-refractivity contribution in [1.29, 1.82) is 0 Å². The molecule has 288 valence electrons. The van der Waals surface area contributed by atoms with E-state index in [1.165, 1.54) is 55.6 Å². The van der Waals surface area contributed by atoms with Crippen molar-refractivity contribution in [3.05, 3.63) is 235 Å². The summed E-state index contributed by atoms with van der Waals surface area (Å²) in [4.78, 5) is 15.0. The SMILES string of the molecule is c1ccc(-c2nc(-c3ccc(-c4ccc(-c5ccc6c(c5)C5(c7ccccc7-c7ccccc75)c5ccccc5-6)cc4)cc3)nc(-c3ccc4c(c3)oc3ccccc34)n2)cc1. The van der Waals surface area contributed by atoms with E-state index in [0.717, 1.165) is 49.8 Å². The third kappa shape index (κ3) is 5.10. The van der Waals surface area contributed by atoms with Crippen LogP contribution in [0.4, 0.5) is 0 Å². The van der Waals surface area contributed by atoms with E-state index in [2.05, 4.69) is 158 Å². The van der Waals surface area contributed by atoms with Crippen LogP contribution in [-0.2, 0) is 5.41 Å². The first-order valence-electron chi connectivity index (χ1n) is 21.1. The van der Waals surface area contributed by atoms with E-state index in [4.69, 9.17) is 19.4 Å². The molecule has 0 atom stereocenters. The second kappa shape index (κ2) is 13.4. The first-order chi connectivity index (χ1) is 30.7. The Bertz CT molecular complexity index is 3500. The Morgan fingerprint density at radius 1 is 0.274 bits per heavy atom. The van der Waals surface area contributed by atoms with Gasteiger partial charge < -0.3 is 4.42 Å². The fourth-order valence-corrected chi connectivity index (χ4v) is 10.2. The van der Waals surface area contributed by atoms with Crippen LogP contribution >= 0.6 is 0 Å². The number of hydrogen-bond donors (Lipinski definition) is 0. The molecule has 4 heteroatoms. The maximum absolute atomic E-state index is 6.23. The van der Waals surface area contributed by atoms with Crippen LogP contribution in [0.25, 0.3) is 101 Å². The molecule has 0 fully saturated rings. The highest BCUT2D eigenvalue weighted by molar-refractivity contribution is 6.05. The van der Waals surface area contributed by atoms with Crippen molar-refractivity contribution in [2.45, 2.75) is 5.41 Å². The molecule has 1 spiro atoms. The number of aromatic nitrogens is 3. The molecule has 0 unspecified atom stereocenters. The summed E-state index contributed by atoms with van der Waals surface area (Å²) < 4.78 is 6.23. The highest BCUT2D eigenvalue weighted by Gasteiger charge is 2.51. The third-order valence-electron chi connectivity index (χ3n) is 13.0. The average molecular weight is 790 g/mol. The molecule has 0 aliphatic heterocycles. The van der Waals surface area contributed by atoms with Gasteiger partial charge in [0.2, 0.25) is 0 Å². The molecule has 4 nitrogen and oxygen atoms in total. The van der Waals surface area contributed by atoms with Crippen LogP contribution in [0.1, 0.15) is 22.3 Å². The third-order valence-corrected chi connectivity index (χ3v) is 13.0. The molecule has 2 aromatic heterocycles. The minimum Gasteiger partial charge on any atom is -0.456 e. The van der Waals surface area contributed by atoms with E-state index in [0.29, 0.717) is 17.5 Å². The van der Waals surface area contributed by atoms with E-state index in [1.54, 1.807) is 0 Å². The lowest BCUT2D eigenvalue weighted by atomic mass is 9.70. The summed E-state index contributed by atoms with van der Waals surface area (Å²) in [6.07, 6.45) is 0. The summed E-state index contributed by atoms with van der Waals surface area (Å²) in [5.74, 6) is 1.83. The smallest absolute Gasteiger partial charge is 0.164 e. The van der Waals surface area contributed by atoms with Gasteiger partial charge in [-0.2, -0.15) is 0 Å². The summed E-state index contributed by atoms with van der Waals surface area (Å²) >= 11 is 0. The van der Waals surface area contributed by atoms with Crippen LogP contribution < -0.4 is 0 Å². The number of para-hydroxylation sites is 1. The number of benzene rings is 9. The summed E-state index contributed by atoms with van der Waals surface area (Å²) in [5, 5.41) is 2.16. The van der Waals surface area contributed by atoms with Gasteiger partial charge >= 0.3 is 0 Å². The largest absolute Gasteiger partial charge is 0.456 e. The van der Waals surface area contributed by atoms with Crippen LogP contribution in [-0.4, -0.2) is 15.0 Å². The molecule has 0 radical (unpaired) electrons. The van der Waals surface area contributed by atoms with E-state index in [9.17, 15) is 0 Å². The van der Waals surface area contributed by atoms with Crippen molar-refractivity contribution < 1.29 is 4.42 Å². The van der Waals surface area contributed by atoms with E-state index >= 15 is 0 Å². The lowest BCUT2D eigenvalue weighted by molar-refractivity contribution is 0.669. The van der Waals surface area contributed by atoms with Crippen LogP contribution in [0.2, 0.25) is 0 Å². The second-order valence-electron chi connectivity index (χ2n) is 16.3. The quantitative estimate of drug-likeness (QED) is 0.174. The first-order valence-corrected chi connectivity index (χ1v) is 21.1. The molecule has 62 heavy (non-hydrogen) atoms. The van der Waals surface area contributed by atoms with Gasteiger partial charge in [-0.05, 0) is 91.0 Å². The Morgan fingerprint density at radius 3 is 1.31 bits per heavy atom. The summed E-state index contributed by atoms with van der Waals surface area (Å²) in [7, 11) is 0. The normalized spacial score (nSPS) is 13.0. The molecule has 11 aromatic rings. The number of furan rings is 1. The zero-order valence-electron chi connectivity index (χ0n) is 33.5. The van der Waals surface area contributed by atoms with Crippen LogP contribution in [0, 0.1) is 0 Å². The fourth-order valence-electron chi connectivity index (χ4n) is 10.2. The van der Waals surface area contributed by atoms with E-state index in [1.807, 2.05) is 54.6 Å². The van der Waals surface area contributed by atoms with Crippen molar-refractivity contribution in [3.8, 4) is 78.7 Å². The predicted molar refractivity (Wildman–Crippen MR) is 251 cm³/mol. The van der Waals surface area contributed by atoms with E-state index < -0.39 is 0 Å². The Morgan fingerprint density at radius 2 is 0.694 bits per heavy atom. The maximum atomic E-state index is 6.23. The first kappa shape index (κ1) is 34.6. The van der Waals surface area contributed by atoms with E-state index in [-0.39, 0.29) is 5.41 Å². The van der Waals surface area contributed by atoms with Gasteiger partial charge in [-0.15, -0.1) is 0 Å². The van der Waals surface area contributed by atoms with Gasteiger partial charge in [0.25, 0.3) is 0 Å². The molecule has 0 saturated carbocycles. The average Bonchev–Trinajstić information content (AvgIpc) is 3.98. The van der Waals surface area contributed by atoms with Crippen molar-refractivity contribution in [2.24, 2.45) is 0 Å². The Kier molecular flexibility index (Phi) is 7.49. The standard InChI is InChI=1S/C58H35N3O/c1-2-12-39(13-3-1)55-59-56(61-57(60-55)42-31-33-48-47-17-7-11-21-53(47)62-54(48)35-42)40-28-26-37(27-29-40)36-22-24-38(25-23-36)41-30-32-46-45-16-6-10-20-51(45)58(52(46)34-41)49-18-8-4-14-43(49)44-15-5-9-19-50(44)58/h1-35H. The molecule has 0 bridgehead atoms. The lowest BCUT2D eigenvalue weighted by Gasteiger charge is -2.30. The van der Waals surface area contributed by atoms with Crippen LogP contribution in [0.3, 0.4) is 0 Å². The fraction of sp³-hybridized carbons (Fsp3) is 0.0172. The van der Waals surface area contributed by atoms with Gasteiger partial charge in [0.15, 0.2) is 17.5 Å². The van der Waals surface area contributed by atoms with Gasteiger partial charge in [-0.25, -0.2) is 15.0 Å². The van der Waals surface area contributed by atoms with Crippen LogP contribution in [0.15, 0.2) is 217 Å². The summed E-state index contributed by atoms with van der Waals surface area (Å²) in [6.45, 7) is 0. The minimum atomic E-state index is -0.361. The molecule has 13 rings (SSSR count). The molecule has 0 saturated heterocycles. The number of hydrogen-bond acceptors (Lipinski definition) is 4. The maximum Gasteiger partial charge on any atom is 0.164 e. The predicted octanol–water partition coefficient (Wildman–Crippen LogP) is 14.4. The zero-order valence-corrected chi connectivity index (χ0v) is 33.5. The monoisotopic (exact) mass is 789 g/mol. The Labute approximate surface area is 358 Å². The Hall–Kier alpha value is -8.21. The van der Waals surface area contributed by atoms with Gasteiger partial charge in [0.05, 0.1) is 5.41 Å². The summed E-state index contributed by atoms with van der Waals surface area (Å²) in [6, 6.07) is 75.8. The van der Waals surface area contributed by atoms with Gasteiger partial charge in [-0.3, -0.25) is 0 Å². The molecule has 9 aromatic carbocycles. The molecular weight excluding hydrogens is 755 g/mol. The number of rotatable bonds is 5. The molecule has 2 aliphatic rings. The number of fused-ring (bicyclic) bond motifs is 13. The topological polar surface area (TPSA) is 51.8 Å². The molecular formula is C58H35N3O. The van der Waals surface area contributed by atoms with Crippen LogP contribution in [0.5, 0.6) is 0 Å². The van der Waals surface area contributed by atoms with Crippen molar-refractivity contribution in [1.82, 2.24) is 15.0 Å². The minimum absolute atomic E-state index is 0.361.